The normalized spacial score (nSPS) is 33.9. The van der Waals surface area contributed by atoms with Crippen LogP contribution in [0.15, 0.2) is 0 Å². The maximum atomic E-state index is 12.0. The van der Waals surface area contributed by atoms with Gasteiger partial charge in [0.25, 0.3) is 7.48 Å². The van der Waals surface area contributed by atoms with Gasteiger partial charge in [-0.25, -0.2) is 0 Å². The van der Waals surface area contributed by atoms with Crippen molar-refractivity contribution in [3.05, 3.63) is 0 Å². The van der Waals surface area contributed by atoms with Crippen LogP contribution >= 0.6 is 0 Å². The summed E-state index contributed by atoms with van der Waals surface area (Å²) in [5.74, 6) is -0.277. The molecule has 1 radical (unpaired) electrons. The molecule has 0 aromatic rings. The van der Waals surface area contributed by atoms with E-state index < -0.39 is 11.5 Å². The van der Waals surface area contributed by atoms with E-state index in [-0.39, 0.29) is 29.5 Å². The van der Waals surface area contributed by atoms with Crippen molar-refractivity contribution in [1.82, 2.24) is 4.90 Å². The van der Waals surface area contributed by atoms with Gasteiger partial charge < -0.3 is 15.9 Å². The van der Waals surface area contributed by atoms with E-state index in [9.17, 15) is 14.7 Å². The summed E-state index contributed by atoms with van der Waals surface area (Å²) in [6.07, 6.45) is 2.47. The zero-order chi connectivity index (χ0) is 17.2. The van der Waals surface area contributed by atoms with E-state index in [1.807, 2.05) is 13.8 Å². The van der Waals surface area contributed by atoms with Crippen LogP contribution in [0, 0.1) is 23.7 Å². The fraction of sp³-hybridized carbons (Fsp3) is 0.875. The van der Waals surface area contributed by atoms with Crippen molar-refractivity contribution < 1.29 is 19.7 Å². The van der Waals surface area contributed by atoms with Crippen LogP contribution in [-0.4, -0.2) is 59.4 Å². The Morgan fingerprint density at radius 3 is 2.65 bits per heavy atom. The molecule has 0 bridgehead atoms. The molecule has 1 saturated carbocycles. The Kier molecular flexibility index (Phi) is 5.86. The molecule has 1 aliphatic carbocycles. The van der Waals surface area contributed by atoms with Gasteiger partial charge in [-0.1, -0.05) is 26.6 Å². The lowest BCUT2D eigenvalue weighted by Crippen LogP contribution is -2.53. The lowest BCUT2D eigenvalue weighted by atomic mass is 9.78. The maximum absolute atomic E-state index is 12.0. The van der Waals surface area contributed by atoms with Gasteiger partial charge in [-0.3, -0.25) is 14.5 Å². The van der Waals surface area contributed by atoms with Gasteiger partial charge in [0, 0.05) is 19.0 Å². The smallest absolute Gasteiger partial charge is 0.323 e. The highest BCUT2D eigenvalue weighted by atomic mass is 16.4. The number of likely N-dealkylation sites (tertiary alicyclic amines) is 1. The van der Waals surface area contributed by atoms with Gasteiger partial charge in [-0.05, 0) is 30.6 Å². The number of nitrogens with zero attached hydrogens (tertiary/aromatic N) is 1. The van der Waals surface area contributed by atoms with E-state index in [0.717, 1.165) is 27.0 Å². The van der Waals surface area contributed by atoms with E-state index in [1.165, 1.54) is 0 Å². The number of fused-ring (bicyclic) bond motifs is 1. The topological polar surface area (TPSA) is 104 Å². The van der Waals surface area contributed by atoms with E-state index in [4.69, 9.17) is 10.8 Å². The van der Waals surface area contributed by atoms with Crippen molar-refractivity contribution in [1.29, 1.82) is 0 Å². The molecule has 4 atom stereocenters. The Morgan fingerprint density at radius 2 is 2.09 bits per heavy atom. The first-order valence-electron chi connectivity index (χ1n) is 8.52. The number of aliphatic carboxylic acids is 1. The Balaban J connectivity index is 2.04. The molecule has 4 unspecified atom stereocenters. The first-order chi connectivity index (χ1) is 10.8. The third kappa shape index (κ3) is 3.78. The van der Waals surface area contributed by atoms with Gasteiger partial charge in [0.05, 0.1) is 6.54 Å². The fourth-order valence-electron chi connectivity index (χ4n) is 4.31. The Morgan fingerprint density at radius 1 is 1.39 bits per heavy atom. The lowest BCUT2D eigenvalue weighted by Gasteiger charge is -2.31. The number of ketones is 1. The summed E-state index contributed by atoms with van der Waals surface area (Å²) >= 11 is 0. The molecule has 129 valence electrons. The Labute approximate surface area is 138 Å². The highest BCUT2D eigenvalue weighted by molar-refractivity contribution is 6.25. The Bertz CT molecular complexity index is 459. The van der Waals surface area contributed by atoms with Gasteiger partial charge in [0.1, 0.15) is 11.3 Å². The molecule has 1 heterocycles. The molecule has 0 spiro atoms. The van der Waals surface area contributed by atoms with Gasteiger partial charge in [-0.2, -0.15) is 0 Å². The molecular weight excluding hydrogens is 295 g/mol. The number of carboxylic acids is 1. The first kappa shape index (κ1) is 18.4. The van der Waals surface area contributed by atoms with Crippen LogP contribution in [0.3, 0.4) is 0 Å². The number of Topliss-reactive ketones (excluding diaryl/α,β-unsaturated/α-hetero) is 1. The minimum Gasteiger partial charge on any atom is -0.480 e. The molecule has 2 rings (SSSR count). The average Bonchev–Trinajstić information content (AvgIpc) is 2.95. The second kappa shape index (κ2) is 7.32. The maximum Gasteiger partial charge on any atom is 0.323 e. The zero-order valence-electron chi connectivity index (χ0n) is 14.1. The van der Waals surface area contributed by atoms with E-state index in [1.54, 1.807) is 0 Å². The quantitative estimate of drug-likeness (QED) is 0.440. The number of hydrogen-bond acceptors (Lipinski definition) is 5. The van der Waals surface area contributed by atoms with Crippen molar-refractivity contribution in [2.24, 2.45) is 29.4 Å². The third-order valence-corrected chi connectivity index (χ3v) is 5.62. The first-order valence-corrected chi connectivity index (χ1v) is 8.52. The highest BCUT2D eigenvalue weighted by Gasteiger charge is 2.57. The molecule has 1 saturated heterocycles. The molecule has 7 heteroatoms. The minimum absolute atomic E-state index is 0.0268. The summed E-state index contributed by atoms with van der Waals surface area (Å²) in [5, 5.41) is 18.4. The lowest BCUT2D eigenvalue weighted by molar-refractivity contribution is -0.145. The Hall–Kier alpha value is -0.915. The molecule has 2 aliphatic rings. The van der Waals surface area contributed by atoms with Crippen LogP contribution < -0.4 is 5.73 Å². The fourth-order valence-corrected chi connectivity index (χ4v) is 4.31. The SMILES string of the molecule is CC(C)C(=O)CN1CC2CC(N)(C(=O)O)C(CCC[B]O)C2C1. The number of carbonyl (C=O) groups excluding carboxylic acids is 1. The summed E-state index contributed by atoms with van der Waals surface area (Å²) in [4.78, 5) is 25.8. The molecule has 1 aliphatic heterocycles. The van der Waals surface area contributed by atoms with Crippen LogP contribution in [0.5, 0.6) is 0 Å². The van der Waals surface area contributed by atoms with E-state index in [0.29, 0.717) is 25.7 Å². The third-order valence-electron chi connectivity index (χ3n) is 5.62. The second-order valence-electron chi connectivity index (χ2n) is 7.51. The van der Waals surface area contributed by atoms with Gasteiger partial charge in [-0.15, -0.1) is 0 Å². The highest BCUT2D eigenvalue weighted by Crippen LogP contribution is 2.49. The molecule has 4 N–H and O–H groups in total. The predicted molar refractivity (Wildman–Crippen MR) is 87.9 cm³/mol. The summed E-state index contributed by atoms with van der Waals surface area (Å²) in [6, 6.07) is 0. The molecular formula is C16H28BN2O4. The van der Waals surface area contributed by atoms with Gasteiger partial charge in [0.15, 0.2) is 0 Å². The monoisotopic (exact) mass is 323 g/mol. The summed E-state index contributed by atoms with van der Waals surface area (Å²) in [7, 11) is 1.12. The molecule has 0 amide bonds. The van der Waals surface area contributed by atoms with Crippen molar-refractivity contribution in [2.75, 3.05) is 19.6 Å². The van der Waals surface area contributed by atoms with Crippen molar-refractivity contribution in [3.63, 3.8) is 0 Å². The standard InChI is InChI=1S/C16H28BN2O4/c1-10(2)14(20)9-19-7-11-6-16(18,15(21)22)13(12(11)8-19)4-3-5-17-23/h10-13,23H,3-9,18H2,1-2H3,(H,21,22). The number of nitrogens with two attached hydrogens (primary N) is 1. The second-order valence-corrected chi connectivity index (χ2v) is 7.51. The predicted octanol–water partition coefficient (Wildman–Crippen LogP) is 0.372. The molecule has 2 fully saturated rings. The largest absolute Gasteiger partial charge is 0.480 e. The van der Waals surface area contributed by atoms with Gasteiger partial charge >= 0.3 is 5.97 Å². The average molecular weight is 323 g/mol. The summed E-state index contributed by atoms with van der Waals surface area (Å²) in [5.41, 5.74) is 5.09. The van der Waals surface area contributed by atoms with Crippen molar-refractivity contribution in [3.8, 4) is 0 Å². The summed E-state index contributed by atoms with van der Waals surface area (Å²) in [6.45, 7) is 5.78. The molecule has 0 aromatic carbocycles. The molecule has 23 heavy (non-hydrogen) atoms. The number of carbonyl (C=O) groups is 2. The van der Waals surface area contributed by atoms with Gasteiger partial charge in [0.2, 0.25) is 0 Å². The van der Waals surface area contributed by atoms with Crippen LogP contribution in [0.2, 0.25) is 6.32 Å². The van der Waals surface area contributed by atoms with Crippen LogP contribution in [0.4, 0.5) is 0 Å². The van der Waals surface area contributed by atoms with Crippen molar-refractivity contribution >= 4 is 19.2 Å². The van der Waals surface area contributed by atoms with E-state index in [2.05, 4.69) is 4.90 Å². The summed E-state index contributed by atoms with van der Waals surface area (Å²) < 4.78 is 0. The number of hydrogen-bond donors (Lipinski definition) is 3. The van der Waals surface area contributed by atoms with Crippen LogP contribution in [0.1, 0.15) is 33.1 Å². The minimum atomic E-state index is -1.17. The number of carboxylic acid groups (broad SMARTS) is 1. The molecule has 0 aromatic heterocycles. The van der Waals surface area contributed by atoms with Crippen molar-refractivity contribution in [2.45, 2.75) is 45.0 Å². The number of rotatable bonds is 8. The van der Waals surface area contributed by atoms with E-state index >= 15 is 0 Å². The van der Waals surface area contributed by atoms with Crippen LogP contribution in [-0.2, 0) is 9.59 Å². The molecule has 6 nitrogen and oxygen atoms in total. The van der Waals surface area contributed by atoms with Crippen LogP contribution in [0.25, 0.3) is 0 Å². The zero-order valence-corrected chi connectivity index (χ0v) is 14.1.